The molecule has 0 atom stereocenters. The molecule has 0 saturated carbocycles. The Balaban J connectivity index is 2.20. The van der Waals surface area contributed by atoms with Crippen molar-refractivity contribution in [3.05, 3.63) is 40.8 Å². The van der Waals surface area contributed by atoms with E-state index < -0.39 is 0 Å². The van der Waals surface area contributed by atoms with Gasteiger partial charge in [-0.05, 0) is 36.6 Å². The molecule has 20 heavy (non-hydrogen) atoms. The van der Waals surface area contributed by atoms with Crippen molar-refractivity contribution in [1.29, 1.82) is 0 Å². The van der Waals surface area contributed by atoms with E-state index in [1.165, 1.54) is 5.56 Å². The van der Waals surface area contributed by atoms with Crippen LogP contribution in [0.4, 0.5) is 0 Å². The van der Waals surface area contributed by atoms with Gasteiger partial charge in [0.25, 0.3) is 0 Å². The zero-order valence-corrected chi connectivity index (χ0v) is 13.0. The number of aryl methyl sites for hydroxylation is 1. The van der Waals surface area contributed by atoms with Crippen molar-refractivity contribution in [2.45, 2.75) is 33.7 Å². The molecule has 0 aliphatic rings. The van der Waals surface area contributed by atoms with Crippen molar-refractivity contribution in [3.63, 3.8) is 0 Å². The molecule has 0 aliphatic carbocycles. The van der Waals surface area contributed by atoms with Gasteiger partial charge in [-0.1, -0.05) is 32.4 Å². The number of hydrogen-bond acceptors (Lipinski definition) is 3. The summed E-state index contributed by atoms with van der Waals surface area (Å²) in [6.45, 7) is 8.36. The van der Waals surface area contributed by atoms with E-state index in [1.807, 2.05) is 0 Å². The van der Waals surface area contributed by atoms with Crippen LogP contribution in [0.3, 0.4) is 0 Å². The SMILES string of the molecule is CCc1cc(CNCC(C)C)cc(-n2cc(Cl)cn2)n1. The van der Waals surface area contributed by atoms with Gasteiger partial charge in [-0.2, -0.15) is 5.10 Å². The molecule has 0 saturated heterocycles. The topological polar surface area (TPSA) is 42.7 Å². The van der Waals surface area contributed by atoms with Crippen LogP contribution in [-0.4, -0.2) is 21.3 Å². The van der Waals surface area contributed by atoms with Gasteiger partial charge in [0.15, 0.2) is 5.82 Å². The third kappa shape index (κ3) is 4.05. The minimum Gasteiger partial charge on any atom is -0.312 e. The Morgan fingerprint density at radius 3 is 2.75 bits per heavy atom. The molecule has 0 radical (unpaired) electrons. The number of nitrogens with one attached hydrogen (secondary N) is 1. The molecule has 2 aromatic heterocycles. The van der Waals surface area contributed by atoms with E-state index in [-0.39, 0.29) is 0 Å². The normalized spacial score (nSPS) is 11.2. The maximum absolute atomic E-state index is 5.92. The van der Waals surface area contributed by atoms with E-state index in [0.29, 0.717) is 10.9 Å². The quantitative estimate of drug-likeness (QED) is 0.889. The highest BCUT2D eigenvalue weighted by Crippen LogP contribution is 2.13. The lowest BCUT2D eigenvalue weighted by molar-refractivity contribution is 0.552. The Morgan fingerprint density at radius 1 is 1.35 bits per heavy atom. The summed E-state index contributed by atoms with van der Waals surface area (Å²) in [5.74, 6) is 1.46. The number of hydrogen-bond donors (Lipinski definition) is 1. The second-order valence-corrected chi connectivity index (χ2v) is 5.74. The summed E-state index contributed by atoms with van der Waals surface area (Å²) in [5, 5.41) is 8.28. The van der Waals surface area contributed by atoms with Gasteiger partial charge in [-0.3, -0.25) is 0 Å². The number of nitrogens with zero attached hydrogens (tertiary/aromatic N) is 3. The molecular formula is C15H21ClN4. The predicted octanol–water partition coefficient (Wildman–Crippen LogP) is 3.23. The Morgan fingerprint density at radius 2 is 2.15 bits per heavy atom. The molecule has 0 spiro atoms. The van der Waals surface area contributed by atoms with E-state index in [2.05, 4.69) is 48.3 Å². The van der Waals surface area contributed by atoms with Crippen molar-refractivity contribution in [3.8, 4) is 5.82 Å². The predicted molar refractivity (Wildman–Crippen MR) is 82.3 cm³/mol. The standard InChI is InChI=1S/C15H21ClN4/c1-4-14-5-12(8-17-7-11(2)3)6-15(19-14)20-10-13(16)9-18-20/h5-6,9-11,17H,4,7-8H2,1-3H3. The van der Waals surface area contributed by atoms with Gasteiger partial charge in [0.05, 0.1) is 17.4 Å². The van der Waals surface area contributed by atoms with Gasteiger partial charge < -0.3 is 5.32 Å². The van der Waals surface area contributed by atoms with Gasteiger partial charge in [-0.15, -0.1) is 0 Å². The fourth-order valence-electron chi connectivity index (χ4n) is 1.97. The van der Waals surface area contributed by atoms with Crippen molar-refractivity contribution in [2.75, 3.05) is 6.54 Å². The largest absolute Gasteiger partial charge is 0.312 e. The number of rotatable bonds is 6. The van der Waals surface area contributed by atoms with Crippen LogP contribution in [0.1, 0.15) is 32.0 Å². The fraction of sp³-hybridized carbons (Fsp3) is 0.467. The average Bonchev–Trinajstić information content (AvgIpc) is 2.84. The number of halogens is 1. The first-order valence-corrected chi connectivity index (χ1v) is 7.37. The molecule has 0 aromatic carbocycles. The van der Waals surface area contributed by atoms with Crippen molar-refractivity contribution in [1.82, 2.24) is 20.1 Å². The molecule has 1 N–H and O–H groups in total. The van der Waals surface area contributed by atoms with Gasteiger partial charge in [0.2, 0.25) is 0 Å². The van der Waals surface area contributed by atoms with Crippen LogP contribution in [-0.2, 0) is 13.0 Å². The average molecular weight is 293 g/mol. The van der Waals surface area contributed by atoms with E-state index in [9.17, 15) is 0 Å². The molecule has 5 heteroatoms. The smallest absolute Gasteiger partial charge is 0.153 e. The molecule has 0 amide bonds. The van der Waals surface area contributed by atoms with Gasteiger partial charge in [0, 0.05) is 12.2 Å². The van der Waals surface area contributed by atoms with Gasteiger partial charge in [-0.25, -0.2) is 9.67 Å². The zero-order valence-electron chi connectivity index (χ0n) is 12.2. The van der Waals surface area contributed by atoms with E-state index in [1.54, 1.807) is 17.1 Å². The van der Waals surface area contributed by atoms with Crippen molar-refractivity contribution in [2.24, 2.45) is 5.92 Å². The lowest BCUT2D eigenvalue weighted by Crippen LogP contribution is -2.19. The van der Waals surface area contributed by atoms with Gasteiger partial charge in [0.1, 0.15) is 0 Å². The summed E-state index contributed by atoms with van der Waals surface area (Å²) in [6.07, 6.45) is 4.30. The first kappa shape index (κ1) is 15.0. The van der Waals surface area contributed by atoms with Crippen LogP contribution in [0.5, 0.6) is 0 Å². The summed E-state index contributed by atoms with van der Waals surface area (Å²) in [7, 11) is 0. The molecule has 4 nitrogen and oxygen atoms in total. The van der Waals surface area contributed by atoms with E-state index in [4.69, 9.17) is 11.6 Å². The van der Waals surface area contributed by atoms with E-state index >= 15 is 0 Å². The lowest BCUT2D eigenvalue weighted by atomic mass is 10.1. The molecule has 0 fully saturated rings. The van der Waals surface area contributed by atoms with Gasteiger partial charge >= 0.3 is 0 Å². The second kappa shape index (κ2) is 6.86. The Bertz CT molecular complexity index is 563. The fourth-order valence-corrected chi connectivity index (χ4v) is 2.10. The molecule has 2 heterocycles. The molecular weight excluding hydrogens is 272 g/mol. The zero-order chi connectivity index (χ0) is 14.5. The second-order valence-electron chi connectivity index (χ2n) is 5.31. The van der Waals surface area contributed by atoms with Crippen molar-refractivity contribution >= 4 is 11.6 Å². The first-order valence-electron chi connectivity index (χ1n) is 6.99. The highest BCUT2D eigenvalue weighted by Gasteiger charge is 2.06. The summed E-state index contributed by atoms with van der Waals surface area (Å²) in [4.78, 5) is 4.59. The summed E-state index contributed by atoms with van der Waals surface area (Å²) < 4.78 is 1.72. The number of aromatic nitrogens is 3. The Labute approximate surface area is 125 Å². The lowest BCUT2D eigenvalue weighted by Gasteiger charge is -2.10. The Hall–Kier alpha value is -1.39. The molecule has 0 aliphatic heterocycles. The van der Waals surface area contributed by atoms with Crippen molar-refractivity contribution < 1.29 is 0 Å². The summed E-state index contributed by atoms with van der Waals surface area (Å²) >= 11 is 5.92. The molecule has 2 aromatic rings. The van der Waals surface area contributed by atoms with Crippen LogP contribution >= 0.6 is 11.6 Å². The maximum atomic E-state index is 5.92. The van der Waals surface area contributed by atoms with Crippen LogP contribution in [0.15, 0.2) is 24.5 Å². The molecule has 0 unspecified atom stereocenters. The minimum atomic E-state index is 0.619. The third-order valence-electron chi connectivity index (χ3n) is 2.95. The summed E-state index contributed by atoms with van der Waals surface area (Å²) in [6, 6.07) is 4.19. The number of pyridine rings is 1. The molecule has 2 rings (SSSR count). The van der Waals surface area contributed by atoms with E-state index in [0.717, 1.165) is 31.0 Å². The monoisotopic (exact) mass is 292 g/mol. The molecule has 0 bridgehead atoms. The van der Waals surface area contributed by atoms with Crippen LogP contribution in [0.2, 0.25) is 5.02 Å². The third-order valence-corrected chi connectivity index (χ3v) is 3.15. The minimum absolute atomic E-state index is 0.619. The first-order chi connectivity index (χ1) is 9.58. The molecule has 108 valence electrons. The Kier molecular flexibility index (Phi) is 5.15. The van der Waals surface area contributed by atoms with Crippen LogP contribution in [0.25, 0.3) is 5.82 Å². The maximum Gasteiger partial charge on any atom is 0.153 e. The summed E-state index contributed by atoms with van der Waals surface area (Å²) in [5.41, 5.74) is 2.29. The van der Waals surface area contributed by atoms with Crippen LogP contribution < -0.4 is 5.32 Å². The highest BCUT2D eigenvalue weighted by atomic mass is 35.5. The highest BCUT2D eigenvalue weighted by molar-refractivity contribution is 6.30. The van der Waals surface area contributed by atoms with Crippen LogP contribution in [0, 0.1) is 5.92 Å².